The van der Waals surface area contributed by atoms with E-state index in [1.54, 1.807) is 19.1 Å². The highest BCUT2D eigenvalue weighted by Crippen LogP contribution is 2.16. The van der Waals surface area contributed by atoms with E-state index in [1.807, 2.05) is 6.07 Å². The van der Waals surface area contributed by atoms with Crippen molar-refractivity contribution in [1.82, 2.24) is 10.3 Å². The summed E-state index contributed by atoms with van der Waals surface area (Å²) >= 11 is 0. The molecule has 0 aliphatic rings. The van der Waals surface area contributed by atoms with Gasteiger partial charge in [-0.3, -0.25) is 4.79 Å². The zero-order chi connectivity index (χ0) is 17.0. The van der Waals surface area contributed by atoms with Gasteiger partial charge in [-0.25, -0.2) is 4.98 Å². The maximum absolute atomic E-state index is 12.2. The number of pyridine rings is 1. The number of amides is 1. The maximum atomic E-state index is 12.2. The average Bonchev–Trinajstić information content (AvgIpc) is 2.49. The molecule has 0 aliphatic heterocycles. The van der Waals surface area contributed by atoms with Crippen LogP contribution in [0.2, 0.25) is 0 Å². The SMILES string of the molecule is Cc1cc(C)c(CCNC(=O)c2ccc(C#N)c(C)n2)c(C)c1. The van der Waals surface area contributed by atoms with Gasteiger partial charge in [-0.05, 0) is 62.9 Å². The molecule has 0 spiro atoms. The smallest absolute Gasteiger partial charge is 0.269 e. The molecule has 0 radical (unpaired) electrons. The monoisotopic (exact) mass is 307 g/mol. The highest BCUT2D eigenvalue weighted by atomic mass is 16.1. The number of benzene rings is 1. The van der Waals surface area contributed by atoms with Gasteiger partial charge in [0, 0.05) is 6.54 Å². The van der Waals surface area contributed by atoms with Crippen LogP contribution in [-0.2, 0) is 6.42 Å². The van der Waals surface area contributed by atoms with E-state index in [-0.39, 0.29) is 5.91 Å². The predicted molar refractivity (Wildman–Crippen MR) is 90.4 cm³/mol. The lowest BCUT2D eigenvalue weighted by atomic mass is 9.97. The summed E-state index contributed by atoms with van der Waals surface area (Å²) in [6.07, 6.45) is 0.791. The van der Waals surface area contributed by atoms with E-state index >= 15 is 0 Å². The second kappa shape index (κ2) is 7.06. The van der Waals surface area contributed by atoms with E-state index in [2.05, 4.69) is 43.2 Å². The van der Waals surface area contributed by atoms with Crippen molar-refractivity contribution in [2.24, 2.45) is 0 Å². The third kappa shape index (κ3) is 3.95. The first kappa shape index (κ1) is 16.7. The third-order valence-electron chi connectivity index (χ3n) is 3.94. The Morgan fingerprint density at radius 3 is 2.39 bits per heavy atom. The molecule has 0 fully saturated rings. The Balaban J connectivity index is 2.01. The summed E-state index contributed by atoms with van der Waals surface area (Å²) in [6, 6.07) is 9.59. The van der Waals surface area contributed by atoms with Crippen LogP contribution in [0, 0.1) is 39.0 Å². The van der Waals surface area contributed by atoms with Crippen molar-refractivity contribution in [2.75, 3.05) is 6.54 Å². The lowest BCUT2D eigenvalue weighted by Gasteiger charge is -2.12. The maximum Gasteiger partial charge on any atom is 0.269 e. The van der Waals surface area contributed by atoms with Gasteiger partial charge in [-0.1, -0.05) is 17.7 Å². The lowest BCUT2D eigenvalue weighted by molar-refractivity contribution is 0.0949. The summed E-state index contributed by atoms with van der Waals surface area (Å²) in [4.78, 5) is 16.3. The average molecular weight is 307 g/mol. The van der Waals surface area contributed by atoms with Gasteiger partial charge >= 0.3 is 0 Å². The number of rotatable bonds is 4. The number of aryl methyl sites for hydroxylation is 4. The van der Waals surface area contributed by atoms with Gasteiger partial charge in [0.1, 0.15) is 11.8 Å². The number of carbonyl (C=O) groups excluding carboxylic acids is 1. The number of hydrogen-bond acceptors (Lipinski definition) is 3. The van der Waals surface area contributed by atoms with E-state index in [1.165, 1.54) is 22.3 Å². The molecule has 0 atom stereocenters. The van der Waals surface area contributed by atoms with Gasteiger partial charge in [0.25, 0.3) is 5.91 Å². The summed E-state index contributed by atoms with van der Waals surface area (Å²) in [5.74, 6) is -0.208. The molecule has 0 aliphatic carbocycles. The van der Waals surface area contributed by atoms with Crippen LogP contribution in [0.25, 0.3) is 0 Å². The molecule has 0 saturated carbocycles. The Hall–Kier alpha value is -2.67. The summed E-state index contributed by atoms with van der Waals surface area (Å²) < 4.78 is 0. The van der Waals surface area contributed by atoms with Gasteiger partial charge in [-0.2, -0.15) is 5.26 Å². The van der Waals surface area contributed by atoms with Crippen molar-refractivity contribution in [1.29, 1.82) is 5.26 Å². The number of nitrogens with one attached hydrogen (secondary N) is 1. The molecule has 2 aromatic rings. The van der Waals surface area contributed by atoms with Gasteiger partial charge in [0.15, 0.2) is 0 Å². The molecule has 1 aromatic heterocycles. The van der Waals surface area contributed by atoms with Gasteiger partial charge < -0.3 is 5.32 Å². The van der Waals surface area contributed by atoms with Crippen LogP contribution in [0.15, 0.2) is 24.3 Å². The van der Waals surface area contributed by atoms with Crippen LogP contribution in [0.1, 0.15) is 44.0 Å². The molecule has 0 bridgehead atoms. The van der Waals surface area contributed by atoms with E-state index in [4.69, 9.17) is 5.26 Å². The fourth-order valence-electron chi connectivity index (χ4n) is 2.80. The second-order valence-corrected chi connectivity index (χ2v) is 5.82. The molecule has 4 heteroatoms. The highest BCUT2D eigenvalue weighted by molar-refractivity contribution is 5.92. The summed E-state index contributed by atoms with van der Waals surface area (Å²) in [5, 5.41) is 11.8. The van der Waals surface area contributed by atoms with Crippen LogP contribution in [0.3, 0.4) is 0 Å². The van der Waals surface area contributed by atoms with Crippen molar-refractivity contribution in [3.8, 4) is 6.07 Å². The van der Waals surface area contributed by atoms with Crippen LogP contribution < -0.4 is 5.32 Å². The number of aromatic nitrogens is 1. The first-order valence-corrected chi connectivity index (χ1v) is 7.65. The quantitative estimate of drug-likeness (QED) is 0.943. The fourth-order valence-corrected chi connectivity index (χ4v) is 2.80. The zero-order valence-electron chi connectivity index (χ0n) is 14.0. The molecule has 0 saturated heterocycles. The Morgan fingerprint density at radius 2 is 1.83 bits per heavy atom. The minimum absolute atomic E-state index is 0.208. The summed E-state index contributed by atoms with van der Waals surface area (Å²) in [7, 11) is 0. The first-order valence-electron chi connectivity index (χ1n) is 7.65. The fraction of sp³-hybridized carbons (Fsp3) is 0.316. The molecular formula is C19H21N3O. The zero-order valence-corrected chi connectivity index (χ0v) is 14.0. The molecule has 2 rings (SSSR count). The van der Waals surface area contributed by atoms with E-state index in [0.29, 0.717) is 23.5 Å². The van der Waals surface area contributed by atoms with Crippen molar-refractivity contribution in [2.45, 2.75) is 34.1 Å². The molecule has 1 amide bonds. The van der Waals surface area contributed by atoms with E-state index < -0.39 is 0 Å². The van der Waals surface area contributed by atoms with Crippen LogP contribution in [0.5, 0.6) is 0 Å². The van der Waals surface area contributed by atoms with Crippen LogP contribution in [-0.4, -0.2) is 17.4 Å². The number of carbonyl (C=O) groups is 1. The number of nitrogens with zero attached hydrogens (tertiary/aromatic N) is 2. The first-order chi connectivity index (χ1) is 10.9. The molecular weight excluding hydrogens is 286 g/mol. The third-order valence-corrected chi connectivity index (χ3v) is 3.94. The minimum Gasteiger partial charge on any atom is -0.350 e. The summed E-state index contributed by atoms with van der Waals surface area (Å²) in [5.41, 5.74) is 6.45. The van der Waals surface area contributed by atoms with E-state index in [9.17, 15) is 4.79 Å². The number of hydrogen-bond donors (Lipinski definition) is 1. The van der Waals surface area contributed by atoms with E-state index in [0.717, 1.165) is 6.42 Å². The van der Waals surface area contributed by atoms with Crippen molar-refractivity contribution < 1.29 is 4.79 Å². The normalized spacial score (nSPS) is 10.2. The highest BCUT2D eigenvalue weighted by Gasteiger charge is 2.10. The Kier molecular flexibility index (Phi) is 5.13. The molecule has 118 valence electrons. The van der Waals surface area contributed by atoms with Crippen molar-refractivity contribution in [3.63, 3.8) is 0 Å². The molecule has 1 heterocycles. The molecule has 1 aromatic carbocycles. The summed E-state index contributed by atoms with van der Waals surface area (Å²) in [6.45, 7) is 8.58. The minimum atomic E-state index is -0.208. The Bertz CT molecular complexity index is 765. The predicted octanol–water partition coefficient (Wildman–Crippen LogP) is 3.16. The molecule has 4 nitrogen and oxygen atoms in total. The van der Waals surface area contributed by atoms with Gasteiger partial charge in [0.05, 0.1) is 11.3 Å². The lowest BCUT2D eigenvalue weighted by Crippen LogP contribution is -2.27. The van der Waals surface area contributed by atoms with Gasteiger partial charge in [0.2, 0.25) is 0 Å². The number of nitriles is 1. The molecule has 0 unspecified atom stereocenters. The second-order valence-electron chi connectivity index (χ2n) is 5.82. The molecule has 23 heavy (non-hydrogen) atoms. The largest absolute Gasteiger partial charge is 0.350 e. The van der Waals surface area contributed by atoms with Gasteiger partial charge in [-0.15, -0.1) is 0 Å². The Labute approximate surface area is 137 Å². The standard InChI is InChI=1S/C19H21N3O/c1-12-9-13(2)17(14(3)10-12)7-8-21-19(23)18-6-5-16(11-20)15(4)22-18/h5-6,9-10H,7-8H2,1-4H3,(H,21,23). The molecule has 1 N–H and O–H groups in total. The van der Waals surface area contributed by atoms with Crippen molar-refractivity contribution in [3.05, 3.63) is 63.5 Å². The Morgan fingerprint density at radius 1 is 1.17 bits per heavy atom. The topological polar surface area (TPSA) is 65.8 Å². The van der Waals surface area contributed by atoms with Crippen molar-refractivity contribution >= 4 is 5.91 Å². The van der Waals surface area contributed by atoms with Crippen LogP contribution >= 0.6 is 0 Å². The van der Waals surface area contributed by atoms with Crippen LogP contribution in [0.4, 0.5) is 0 Å².